The SMILES string of the molecule is CS(=O)(=O)Nc1cc(-c2ccccc2)nn1-c1ccc(S(=O)(=O)O)cc1. The summed E-state index contributed by atoms with van der Waals surface area (Å²) in [5, 5.41) is 4.40. The van der Waals surface area contributed by atoms with Crippen molar-refractivity contribution in [2.75, 3.05) is 11.0 Å². The second-order valence-electron chi connectivity index (χ2n) is 5.54. The van der Waals surface area contributed by atoms with Crippen LogP contribution in [0.5, 0.6) is 0 Å². The predicted octanol–water partition coefficient (Wildman–Crippen LogP) is 2.16. The number of nitrogens with zero attached hydrogens (tertiary/aromatic N) is 2. The third kappa shape index (κ3) is 4.10. The van der Waals surface area contributed by atoms with Gasteiger partial charge in [0.2, 0.25) is 10.0 Å². The zero-order valence-electron chi connectivity index (χ0n) is 13.6. The van der Waals surface area contributed by atoms with Gasteiger partial charge in [-0.25, -0.2) is 13.1 Å². The van der Waals surface area contributed by atoms with Crippen LogP contribution >= 0.6 is 0 Å². The Hall–Kier alpha value is -2.69. The molecule has 136 valence electrons. The number of hydrogen-bond donors (Lipinski definition) is 2. The van der Waals surface area contributed by atoms with Crippen LogP contribution in [0.1, 0.15) is 0 Å². The van der Waals surface area contributed by atoms with Crippen molar-refractivity contribution in [2.24, 2.45) is 0 Å². The summed E-state index contributed by atoms with van der Waals surface area (Å²) >= 11 is 0. The molecule has 8 nitrogen and oxygen atoms in total. The zero-order valence-corrected chi connectivity index (χ0v) is 15.2. The molecule has 3 rings (SSSR count). The Kier molecular flexibility index (Phi) is 4.57. The molecule has 0 amide bonds. The number of aromatic nitrogens is 2. The van der Waals surface area contributed by atoms with E-state index in [1.54, 1.807) is 6.07 Å². The minimum atomic E-state index is -4.32. The van der Waals surface area contributed by atoms with Gasteiger partial charge in [0.1, 0.15) is 5.82 Å². The van der Waals surface area contributed by atoms with Crippen LogP contribution < -0.4 is 4.72 Å². The first-order chi connectivity index (χ1) is 12.1. The lowest BCUT2D eigenvalue weighted by Crippen LogP contribution is -2.13. The van der Waals surface area contributed by atoms with Gasteiger partial charge in [-0.2, -0.15) is 13.5 Å². The van der Waals surface area contributed by atoms with E-state index in [0.717, 1.165) is 11.8 Å². The topological polar surface area (TPSA) is 118 Å². The summed E-state index contributed by atoms with van der Waals surface area (Å²) in [7, 11) is -7.87. The Labute approximate surface area is 150 Å². The maximum atomic E-state index is 11.7. The van der Waals surface area contributed by atoms with Crippen molar-refractivity contribution < 1.29 is 21.4 Å². The molecule has 0 bridgehead atoms. The van der Waals surface area contributed by atoms with Crippen LogP contribution in [0.4, 0.5) is 5.82 Å². The van der Waals surface area contributed by atoms with Gasteiger partial charge in [0.05, 0.1) is 22.5 Å². The summed E-state index contributed by atoms with van der Waals surface area (Å²) in [4.78, 5) is -0.269. The lowest BCUT2D eigenvalue weighted by atomic mass is 10.2. The first-order valence-corrected chi connectivity index (χ1v) is 10.7. The largest absolute Gasteiger partial charge is 0.294 e. The van der Waals surface area contributed by atoms with E-state index in [9.17, 15) is 16.8 Å². The van der Waals surface area contributed by atoms with Gasteiger partial charge in [0.25, 0.3) is 10.1 Å². The molecule has 10 heteroatoms. The Bertz CT molecular complexity index is 1140. The second-order valence-corrected chi connectivity index (χ2v) is 8.71. The summed E-state index contributed by atoms with van der Waals surface area (Å²) in [6, 6.07) is 16.0. The van der Waals surface area contributed by atoms with Crippen LogP contribution in [0, 0.1) is 0 Å². The average molecular weight is 393 g/mol. The lowest BCUT2D eigenvalue weighted by molar-refractivity contribution is 0.483. The summed E-state index contributed by atoms with van der Waals surface area (Å²) < 4.78 is 58.4. The normalized spacial score (nSPS) is 12.1. The maximum Gasteiger partial charge on any atom is 0.294 e. The van der Waals surface area contributed by atoms with Crippen molar-refractivity contribution in [3.05, 3.63) is 60.7 Å². The smallest absolute Gasteiger partial charge is 0.282 e. The van der Waals surface area contributed by atoms with Crippen molar-refractivity contribution in [1.82, 2.24) is 9.78 Å². The first-order valence-electron chi connectivity index (χ1n) is 7.35. The zero-order chi connectivity index (χ0) is 18.9. The van der Waals surface area contributed by atoms with E-state index in [4.69, 9.17) is 4.55 Å². The van der Waals surface area contributed by atoms with Crippen LogP contribution in [0.15, 0.2) is 65.6 Å². The number of anilines is 1. The van der Waals surface area contributed by atoms with Crippen LogP contribution in [0.3, 0.4) is 0 Å². The molecule has 0 fully saturated rings. The van der Waals surface area contributed by atoms with Gasteiger partial charge >= 0.3 is 0 Å². The highest BCUT2D eigenvalue weighted by Gasteiger charge is 2.15. The summed E-state index contributed by atoms with van der Waals surface area (Å²) in [6.07, 6.45) is 1.02. The van der Waals surface area contributed by atoms with E-state index in [1.165, 1.54) is 28.9 Å². The molecule has 0 radical (unpaired) electrons. The van der Waals surface area contributed by atoms with Crippen molar-refractivity contribution in [3.8, 4) is 16.9 Å². The van der Waals surface area contributed by atoms with E-state index < -0.39 is 20.1 Å². The monoisotopic (exact) mass is 393 g/mol. The van der Waals surface area contributed by atoms with Crippen molar-refractivity contribution in [1.29, 1.82) is 0 Å². The van der Waals surface area contributed by atoms with Crippen LogP contribution in [-0.4, -0.2) is 37.4 Å². The fourth-order valence-corrected chi connectivity index (χ4v) is 3.36. The molecule has 2 N–H and O–H groups in total. The van der Waals surface area contributed by atoms with Crippen molar-refractivity contribution in [3.63, 3.8) is 0 Å². The van der Waals surface area contributed by atoms with Crippen LogP contribution in [0.25, 0.3) is 16.9 Å². The van der Waals surface area contributed by atoms with Crippen LogP contribution in [0.2, 0.25) is 0 Å². The molecule has 0 spiro atoms. The van der Waals surface area contributed by atoms with Gasteiger partial charge in [-0.05, 0) is 24.3 Å². The first kappa shape index (κ1) is 18.1. The molecular weight excluding hydrogens is 378 g/mol. The molecule has 1 heterocycles. The maximum absolute atomic E-state index is 11.7. The van der Waals surface area contributed by atoms with Gasteiger partial charge in [-0.15, -0.1) is 0 Å². The third-order valence-corrected chi connectivity index (χ3v) is 4.90. The minimum Gasteiger partial charge on any atom is -0.282 e. The fraction of sp³-hybridized carbons (Fsp3) is 0.0625. The average Bonchev–Trinajstić information content (AvgIpc) is 2.97. The highest BCUT2D eigenvalue weighted by molar-refractivity contribution is 7.92. The van der Waals surface area contributed by atoms with E-state index in [-0.39, 0.29) is 10.7 Å². The van der Waals surface area contributed by atoms with Gasteiger partial charge in [0, 0.05) is 11.6 Å². The molecule has 0 aliphatic rings. The van der Waals surface area contributed by atoms with Crippen LogP contribution in [-0.2, 0) is 20.1 Å². The van der Waals surface area contributed by atoms with Gasteiger partial charge in [-0.3, -0.25) is 9.27 Å². The number of hydrogen-bond acceptors (Lipinski definition) is 5. The van der Waals surface area contributed by atoms with Gasteiger partial charge in [0.15, 0.2) is 0 Å². The van der Waals surface area contributed by atoms with E-state index >= 15 is 0 Å². The molecule has 3 aromatic rings. The number of rotatable bonds is 5. The number of sulfonamides is 1. The summed E-state index contributed by atoms with van der Waals surface area (Å²) in [5.41, 5.74) is 1.75. The number of benzene rings is 2. The van der Waals surface area contributed by atoms with E-state index in [0.29, 0.717) is 11.4 Å². The highest BCUT2D eigenvalue weighted by Crippen LogP contribution is 2.25. The molecule has 0 unspecified atom stereocenters. The fourth-order valence-electron chi connectivity index (χ4n) is 2.35. The van der Waals surface area contributed by atoms with Gasteiger partial charge in [-0.1, -0.05) is 30.3 Å². The summed E-state index contributed by atoms with van der Waals surface area (Å²) in [6.45, 7) is 0. The molecular formula is C16H15N3O5S2. The van der Waals surface area contributed by atoms with Gasteiger partial charge < -0.3 is 0 Å². The molecule has 0 aliphatic carbocycles. The molecule has 26 heavy (non-hydrogen) atoms. The molecule has 2 aromatic carbocycles. The standard InChI is InChI=1S/C16H15N3O5S2/c1-25(20,21)18-16-11-15(12-5-3-2-4-6-12)17-19(16)13-7-9-14(10-8-13)26(22,23)24/h2-11,18H,1H3,(H,22,23,24). The van der Waals surface area contributed by atoms with E-state index in [2.05, 4.69) is 9.82 Å². The Morgan fingerprint density at radius 3 is 2.12 bits per heavy atom. The van der Waals surface area contributed by atoms with Crippen molar-refractivity contribution in [2.45, 2.75) is 4.90 Å². The highest BCUT2D eigenvalue weighted by atomic mass is 32.2. The Morgan fingerprint density at radius 2 is 1.58 bits per heavy atom. The predicted molar refractivity (Wildman–Crippen MR) is 97.3 cm³/mol. The van der Waals surface area contributed by atoms with Crippen molar-refractivity contribution >= 4 is 26.0 Å². The number of nitrogens with one attached hydrogen (secondary N) is 1. The minimum absolute atomic E-state index is 0.200. The summed E-state index contributed by atoms with van der Waals surface area (Å²) in [5.74, 6) is 0.200. The molecule has 0 saturated carbocycles. The third-order valence-electron chi connectivity index (χ3n) is 3.45. The molecule has 0 atom stereocenters. The quantitative estimate of drug-likeness (QED) is 0.641. The lowest BCUT2D eigenvalue weighted by Gasteiger charge is -2.08. The Morgan fingerprint density at radius 1 is 0.962 bits per heavy atom. The molecule has 0 saturated heterocycles. The Balaban J connectivity index is 2.11. The van der Waals surface area contributed by atoms with E-state index in [1.807, 2.05) is 30.3 Å². The molecule has 1 aromatic heterocycles. The molecule has 0 aliphatic heterocycles. The second kappa shape index (κ2) is 6.56.